The normalized spacial score (nSPS) is 25.6. The monoisotopic (exact) mass is 791 g/mol. The third kappa shape index (κ3) is 5.56. The lowest BCUT2D eigenvalue weighted by Gasteiger charge is -2.40. The van der Waals surface area contributed by atoms with Gasteiger partial charge in [0, 0.05) is 89.1 Å². The summed E-state index contributed by atoms with van der Waals surface area (Å²) in [6, 6.07) is 16.0. The Balaban J connectivity index is 1.19. The van der Waals surface area contributed by atoms with Crippen LogP contribution in [0.2, 0.25) is 10.0 Å². The van der Waals surface area contributed by atoms with Crippen molar-refractivity contribution < 1.29 is 14.3 Å². The van der Waals surface area contributed by atoms with Gasteiger partial charge in [0.05, 0.1) is 45.5 Å². The lowest BCUT2D eigenvalue weighted by atomic mass is 9.79. The topological polar surface area (TPSA) is 110 Å². The van der Waals surface area contributed by atoms with Crippen molar-refractivity contribution >= 4 is 56.6 Å². The van der Waals surface area contributed by atoms with Crippen molar-refractivity contribution in [2.45, 2.75) is 89.1 Å². The average Bonchev–Trinajstić information content (AvgIpc) is 3.46. The molecule has 4 aliphatic heterocycles. The summed E-state index contributed by atoms with van der Waals surface area (Å²) < 4.78 is 19.8. The van der Waals surface area contributed by atoms with Crippen molar-refractivity contribution in [2.24, 2.45) is 17.8 Å². The van der Waals surface area contributed by atoms with Gasteiger partial charge in [0.1, 0.15) is 11.1 Å². The highest BCUT2D eigenvalue weighted by molar-refractivity contribution is 6.43. The molecule has 7 heterocycles. The van der Waals surface area contributed by atoms with Gasteiger partial charge in [0.2, 0.25) is 5.91 Å². The van der Waals surface area contributed by atoms with Crippen molar-refractivity contribution in [3.8, 4) is 17.2 Å². The molecule has 11 rings (SSSR count). The number of anilines is 1. The zero-order chi connectivity index (χ0) is 38.8. The van der Waals surface area contributed by atoms with Crippen LogP contribution in [0, 0.1) is 41.8 Å². The molecule has 2 saturated carbocycles. The molecular weight excluding hydrogens is 748 g/mol. The van der Waals surface area contributed by atoms with Gasteiger partial charge in [-0.1, -0.05) is 35.3 Å². The Labute approximate surface area is 335 Å². The number of nitriles is 1. The number of aliphatic hydroxyl groups is 1. The van der Waals surface area contributed by atoms with E-state index in [1.165, 1.54) is 0 Å². The van der Waals surface area contributed by atoms with Crippen LogP contribution in [0.4, 0.5) is 10.1 Å². The van der Waals surface area contributed by atoms with Crippen LogP contribution in [0.3, 0.4) is 0 Å². The van der Waals surface area contributed by atoms with Crippen molar-refractivity contribution in [1.29, 1.82) is 5.26 Å². The highest BCUT2D eigenvalue weighted by Gasteiger charge is 2.55. The van der Waals surface area contributed by atoms with Gasteiger partial charge in [-0.05, 0) is 94.7 Å². The molecule has 5 aromatic rings. The average molecular weight is 793 g/mol. The van der Waals surface area contributed by atoms with E-state index in [1.54, 1.807) is 38.2 Å². The first-order chi connectivity index (χ1) is 26.9. The third-order valence-corrected chi connectivity index (χ3v) is 14.1. The first-order valence-electron chi connectivity index (χ1n) is 19.9. The molecule has 0 spiro atoms. The number of aromatic nitrogens is 3. The third-order valence-electron chi connectivity index (χ3n) is 13.3. The maximum Gasteiger partial charge on any atom is 0.226 e. The minimum Gasteiger partial charge on any atom is -0.384 e. The summed E-state index contributed by atoms with van der Waals surface area (Å²) in [5.74, 6) is 0.352. The molecule has 1 amide bonds. The zero-order valence-electron chi connectivity index (χ0n) is 31.7. The maximum atomic E-state index is 17.4. The van der Waals surface area contributed by atoms with Crippen LogP contribution in [0.1, 0.15) is 80.7 Å². The van der Waals surface area contributed by atoms with E-state index in [1.807, 2.05) is 25.1 Å². The van der Waals surface area contributed by atoms with Crippen LogP contribution >= 0.6 is 23.2 Å². The molecule has 9 nitrogen and oxygen atoms in total. The molecule has 0 radical (unpaired) electrons. The fourth-order valence-corrected chi connectivity index (χ4v) is 10.9. The van der Waals surface area contributed by atoms with Gasteiger partial charge < -0.3 is 24.8 Å². The van der Waals surface area contributed by atoms with Crippen molar-refractivity contribution in [3.05, 3.63) is 87.2 Å². The number of rotatable bonds is 8. The Morgan fingerprint density at radius 1 is 1.11 bits per heavy atom. The Kier molecular flexibility index (Phi) is 8.47. The molecular formula is C44H44Cl2FN7O2. The van der Waals surface area contributed by atoms with Crippen molar-refractivity contribution in [2.75, 3.05) is 24.5 Å². The number of nitrogens with zero attached hydrogens (tertiary/aromatic N) is 6. The van der Waals surface area contributed by atoms with E-state index >= 15 is 4.39 Å². The Morgan fingerprint density at radius 3 is 2.64 bits per heavy atom. The largest absolute Gasteiger partial charge is 0.384 e. The fourth-order valence-electron chi connectivity index (χ4n) is 10.5. The Hall–Kier alpha value is -4.27. The number of benzene rings is 2. The minimum absolute atomic E-state index is 0.0179. The molecule has 12 heteroatoms. The van der Waals surface area contributed by atoms with E-state index in [9.17, 15) is 15.2 Å². The van der Waals surface area contributed by atoms with Gasteiger partial charge in [-0.3, -0.25) is 9.78 Å². The lowest BCUT2D eigenvalue weighted by Crippen LogP contribution is -2.45. The number of likely N-dealkylation sites (tertiary alicyclic amines) is 1. The number of hydrogen-bond acceptors (Lipinski definition) is 7. The van der Waals surface area contributed by atoms with Gasteiger partial charge in [-0.25, -0.2) is 9.37 Å². The van der Waals surface area contributed by atoms with E-state index in [4.69, 9.17) is 28.2 Å². The highest BCUT2D eigenvalue weighted by atomic mass is 35.5. The fraction of sp³-hybridized carbons (Fsp3) is 0.455. The number of hydrogen-bond donors (Lipinski definition) is 2. The molecule has 3 aromatic heterocycles. The Bertz CT molecular complexity index is 2490. The van der Waals surface area contributed by atoms with Crippen LogP contribution in [0.15, 0.2) is 48.7 Å². The number of nitrogens with one attached hydrogen (secondary N) is 1. The van der Waals surface area contributed by atoms with Crippen LogP contribution in [0.25, 0.3) is 32.9 Å². The first-order valence-corrected chi connectivity index (χ1v) is 20.7. The summed E-state index contributed by atoms with van der Waals surface area (Å²) in [6.07, 6.45) is 6.10. The Morgan fingerprint density at radius 2 is 1.93 bits per heavy atom. The molecule has 6 aliphatic rings. The molecule has 2 N–H and O–H groups in total. The number of aryl methyl sites for hydroxylation is 2. The number of pyridine rings is 2. The molecule has 6 fully saturated rings. The summed E-state index contributed by atoms with van der Waals surface area (Å²) in [7, 11) is 0. The summed E-state index contributed by atoms with van der Waals surface area (Å²) in [5.41, 5.74) is 5.02. The van der Waals surface area contributed by atoms with Gasteiger partial charge in [-0.15, -0.1) is 0 Å². The molecule has 4 saturated heterocycles. The molecule has 6 unspecified atom stereocenters. The summed E-state index contributed by atoms with van der Waals surface area (Å²) in [6.45, 7) is 7.80. The SMILES string of the molecule is Cc1nc2c(F)c(-c3cccc(Cl)c3Cl)c(CCC#N)cc2c2c1cc(C1C3CC(CN(c4ccnc(C(C)(C)O)c4)C3)N1C(=O)C1CC1)n2C1C2CNC1C2. The standard InChI is InChI=1S/C44H44Cl2FN7O2/c1-22-30-18-34(41-26-14-28(53(41)43(55)23-9-10-23)21-52(20-26)27-11-13-49-35(17-27)44(2,3)56)54(40-25-16-33(40)50-19-25)42(30)31-15-24(6-5-12-48)36(38(47)39(31)51-22)29-7-4-8-32(45)37(29)46/h4,7-8,11,13,15,17-18,23,25-26,28,33,40-41,50,56H,5-6,9-10,14,16,19-21H2,1-3H3. The van der Waals surface area contributed by atoms with Gasteiger partial charge >= 0.3 is 0 Å². The van der Waals surface area contributed by atoms with E-state index in [-0.39, 0.29) is 58.9 Å². The van der Waals surface area contributed by atoms with Crippen molar-refractivity contribution in [1.82, 2.24) is 24.8 Å². The van der Waals surface area contributed by atoms with Gasteiger partial charge in [-0.2, -0.15) is 5.26 Å². The van der Waals surface area contributed by atoms with Crippen molar-refractivity contribution in [3.63, 3.8) is 0 Å². The molecule has 56 heavy (non-hydrogen) atoms. The van der Waals surface area contributed by atoms with E-state index in [0.29, 0.717) is 51.7 Å². The second kappa shape index (κ2) is 13.1. The lowest BCUT2D eigenvalue weighted by molar-refractivity contribution is -0.135. The van der Waals surface area contributed by atoms with Gasteiger partial charge in [0.25, 0.3) is 0 Å². The predicted octanol–water partition coefficient (Wildman–Crippen LogP) is 8.41. The molecule has 2 aliphatic carbocycles. The van der Waals surface area contributed by atoms with E-state index in [2.05, 4.69) is 36.8 Å². The number of piperidine rings is 1. The van der Waals surface area contributed by atoms with Crippen LogP contribution in [-0.2, 0) is 16.8 Å². The molecule has 288 valence electrons. The van der Waals surface area contributed by atoms with E-state index < -0.39 is 11.4 Å². The summed E-state index contributed by atoms with van der Waals surface area (Å²) >= 11 is 13.2. The van der Waals surface area contributed by atoms with Crippen LogP contribution < -0.4 is 10.2 Å². The second-order valence-corrected chi connectivity index (χ2v) is 18.0. The summed E-state index contributed by atoms with van der Waals surface area (Å²) in [4.78, 5) is 28.6. The van der Waals surface area contributed by atoms with Crippen LogP contribution in [0.5, 0.6) is 0 Å². The molecule has 2 aromatic carbocycles. The number of amides is 1. The summed E-state index contributed by atoms with van der Waals surface area (Å²) in [5, 5.41) is 26.5. The zero-order valence-corrected chi connectivity index (χ0v) is 33.2. The number of halogens is 3. The predicted molar refractivity (Wildman–Crippen MR) is 216 cm³/mol. The van der Waals surface area contributed by atoms with Crippen LogP contribution in [-0.4, -0.2) is 62.2 Å². The number of fused-ring (bicyclic) bond motifs is 6. The molecule has 6 atom stereocenters. The first kappa shape index (κ1) is 36.1. The van der Waals surface area contributed by atoms with Gasteiger partial charge in [0.15, 0.2) is 5.82 Å². The quantitative estimate of drug-likeness (QED) is 0.162. The second-order valence-electron chi connectivity index (χ2n) is 17.3. The maximum absolute atomic E-state index is 17.4. The smallest absolute Gasteiger partial charge is 0.226 e. The highest BCUT2D eigenvalue weighted by Crippen LogP contribution is 2.54. The van der Waals surface area contributed by atoms with E-state index in [0.717, 1.165) is 66.8 Å². The number of carbonyl (C=O) groups excluding carboxylic acids is 1. The molecule has 4 bridgehead atoms. The number of carbonyl (C=O) groups is 1. The minimum atomic E-state index is -1.08.